The Morgan fingerprint density at radius 3 is 2.32 bits per heavy atom. The molecular formula is C10H19N2O6P. The number of amides is 3. The Morgan fingerprint density at radius 2 is 1.89 bits per heavy atom. The Labute approximate surface area is 111 Å². The third-order valence-corrected chi connectivity index (χ3v) is 4.51. The minimum Gasteiger partial charge on any atom is -0.376 e. The summed E-state index contributed by atoms with van der Waals surface area (Å²) in [6.07, 6.45) is -0.473. The van der Waals surface area contributed by atoms with Crippen LogP contribution in [0.2, 0.25) is 0 Å². The van der Waals surface area contributed by atoms with Crippen molar-refractivity contribution in [2.75, 3.05) is 39.2 Å². The van der Waals surface area contributed by atoms with Crippen LogP contribution in [-0.4, -0.2) is 66.0 Å². The van der Waals surface area contributed by atoms with Crippen molar-refractivity contribution in [2.24, 2.45) is 0 Å². The van der Waals surface area contributed by atoms with Gasteiger partial charge in [-0.15, -0.1) is 0 Å². The fourth-order valence-electron chi connectivity index (χ4n) is 1.72. The zero-order chi connectivity index (χ0) is 14.5. The molecule has 1 saturated heterocycles. The minimum absolute atomic E-state index is 0.154. The number of aliphatic hydroxyl groups is 1. The molecule has 0 aromatic heterocycles. The van der Waals surface area contributed by atoms with Gasteiger partial charge in [0.05, 0.1) is 13.2 Å². The molecular weight excluding hydrogens is 275 g/mol. The van der Waals surface area contributed by atoms with Crippen LogP contribution in [-0.2, 0) is 18.4 Å². The second-order valence-electron chi connectivity index (χ2n) is 3.84. The third-order valence-electron chi connectivity index (χ3n) is 2.55. The van der Waals surface area contributed by atoms with Crippen molar-refractivity contribution in [3.05, 3.63) is 0 Å². The fourth-order valence-corrected chi connectivity index (χ4v) is 3.26. The molecule has 0 saturated carbocycles. The zero-order valence-electron chi connectivity index (χ0n) is 11.1. The van der Waals surface area contributed by atoms with Crippen molar-refractivity contribution >= 4 is 19.5 Å². The molecule has 0 aromatic rings. The Balaban J connectivity index is 2.68. The highest BCUT2D eigenvalue weighted by Crippen LogP contribution is 2.48. The van der Waals surface area contributed by atoms with E-state index < -0.39 is 32.4 Å². The van der Waals surface area contributed by atoms with Gasteiger partial charge in [0.2, 0.25) is 5.91 Å². The van der Waals surface area contributed by atoms with Gasteiger partial charge in [-0.3, -0.25) is 19.2 Å². The van der Waals surface area contributed by atoms with Gasteiger partial charge in [0.25, 0.3) is 0 Å². The van der Waals surface area contributed by atoms with E-state index in [0.717, 1.165) is 9.80 Å². The van der Waals surface area contributed by atoms with Gasteiger partial charge in [-0.1, -0.05) is 0 Å². The van der Waals surface area contributed by atoms with E-state index in [4.69, 9.17) is 14.2 Å². The topological polar surface area (TPSA) is 96.4 Å². The first kappa shape index (κ1) is 16.1. The molecule has 0 atom stereocenters. The van der Waals surface area contributed by atoms with Crippen LogP contribution < -0.4 is 0 Å². The molecule has 9 heteroatoms. The molecule has 19 heavy (non-hydrogen) atoms. The van der Waals surface area contributed by atoms with Crippen molar-refractivity contribution in [3.8, 4) is 0 Å². The van der Waals surface area contributed by atoms with Crippen LogP contribution >= 0.6 is 7.60 Å². The molecule has 0 radical (unpaired) electrons. The van der Waals surface area contributed by atoms with E-state index >= 15 is 0 Å². The van der Waals surface area contributed by atoms with Gasteiger partial charge in [-0.2, -0.15) is 0 Å². The number of rotatable bonds is 7. The van der Waals surface area contributed by atoms with Crippen molar-refractivity contribution in [3.63, 3.8) is 0 Å². The summed E-state index contributed by atoms with van der Waals surface area (Å²) in [4.78, 5) is 25.7. The second kappa shape index (κ2) is 7.00. The van der Waals surface area contributed by atoms with E-state index in [2.05, 4.69) is 0 Å². The van der Waals surface area contributed by atoms with Crippen molar-refractivity contribution < 1.29 is 28.3 Å². The molecule has 1 rings (SSSR count). The molecule has 1 aliphatic heterocycles. The van der Waals surface area contributed by atoms with Gasteiger partial charge < -0.3 is 14.2 Å². The van der Waals surface area contributed by atoms with E-state index in [-0.39, 0.29) is 26.3 Å². The number of nitrogens with zero attached hydrogens (tertiary/aromatic N) is 2. The van der Waals surface area contributed by atoms with E-state index in [0.29, 0.717) is 0 Å². The molecule has 0 aromatic carbocycles. The number of imide groups is 1. The summed E-state index contributed by atoms with van der Waals surface area (Å²) in [7, 11) is -3.51. The molecule has 8 nitrogen and oxygen atoms in total. The molecule has 1 fully saturated rings. The summed E-state index contributed by atoms with van der Waals surface area (Å²) >= 11 is 0. The lowest BCUT2D eigenvalue weighted by molar-refractivity contribution is -0.125. The first-order valence-electron chi connectivity index (χ1n) is 6.05. The SMILES string of the molecule is CCOP(=O)(CC(=O)N1CCN(CO)C1=O)OCC. The first-order valence-corrected chi connectivity index (χ1v) is 7.78. The van der Waals surface area contributed by atoms with Gasteiger partial charge in [0.15, 0.2) is 0 Å². The van der Waals surface area contributed by atoms with Crippen molar-refractivity contribution in [1.82, 2.24) is 9.80 Å². The maximum atomic E-state index is 12.2. The first-order chi connectivity index (χ1) is 8.97. The number of hydrogen-bond acceptors (Lipinski definition) is 6. The molecule has 0 spiro atoms. The molecule has 1 heterocycles. The molecule has 110 valence electrons. The maximum absolute atomic E-state index is 12.2. The molecule has 0 unspecified atom stereocenters. The molecule has 3 amide bonds. The number of carbonyl (C=O) groups is 2. The lowest BCUT2D eigenvalue weighted by Gasteiger charge is -2.20. The van der Waals surface area contributed by atoms with Crippen LogP contribution in [0.5, 0.6) is 0 Å². The Hall–Kier alpha value is -0.950. The average molecular weight is 294 g/mol. The van der Waals surface area contributed by atoms with Gasteiger partial charge in [0.1, 0.15) is 12.9 Å². The average Bonchev–Trinajstić information content (AvgIpc) is 2.70. The number of carbonyl (C=O) groups excluding carboxylic acids is 2. The van der Waals surface area contributed by atoms with Crippen LogP contribution in [0.4, 0.5) is 4.79 Å². The largest absolute Gasteiger partial charge is 0.376 e. The summed E-state index contributed by atoms with van der Waals surface area (Å²) in [6.45, 7) is 3.57. The van der Waals surface area contributed by atoms with Crippen molar-refractivity contribution in [1.29, 1.82) is 0 Å². The molecule has 0 aliphatic carbocycles. The molecule has 1 N–H and O–H groups in total. The van der Waals surface area contributed by atoms with Gasteiger partial charge in [0, 0.05) is 13.1 Å². The summed E-state index contributed by atoms with van der Waals surface area (Å²) in [5.41, 5.74) is 0. The second-order valence-corrected chi connectivity index (χ2v) is 5.89. The summed E-state index contributed by atoms with van der Waals surface area (Å²) in [5, 5.41) is 8.90. The highest BCUT2D eigenvalue weighted by molar-refractivity contribution is 7.54. The number of hydrogen-bond donors (Lipinski definition) is 1. The van der Waals surface area contributed by atoms with Crippen LogP contribution in [0.25, 0.3) is 0 Å². The third kappa shape index (κ3) is 4.01. The molecule has 0 bridgehead atoms. The van der Waals surface area contributed by atoms with Crippen LogP contribution in [0, 0.1) is 0 Å². The number of urea groups is 1. The van der Waals surface area contributed by atoms with Crippen LogP contribution in [0.1, 0.15) is 13.8 Å². The quantitative estimate of drug-likeness (QED) is 0.685. The molecule has 1 aliphatic rings. The zero-order valence-corrected chi connectivity index (χ0v) is 12.0. The van der Waals surface area contributed by atoms with E-state index in [1.165, 1.54) is 0 Å². The minimum atomic E-state index is -3.51. The Bertz CT molecular complexity index is 378. The summed E-state index contributed by atoms with van der Waals surface area (Å²) in [5.74, 6) is -0.619. The Kier molecular flexibility index (Phi) is 5.93. The maximum Gasteiger partial charge on any atom is 0.340 e. The van der Waals surface area contributed by atoms with Crippen molar-refractivity contribution in [2.45, 2.75) is 13.8 Å². The predicted molar refractivity (Wildman–Crippen MR) is 66.6 cm³/mol. The highest BCUT2D eigenvalue weighted by atomic mass is 31.2. The van der Waals surface area contributed by atoms with Crippen LogP contribution in [0.15, 0.2) is 0 Å². The van der Waals surface area contributed by atoms with Gasteiger partial charge >= 0.3 is 13.6 Å². The van der Waals surface area contributed by atoms with E-state index in [1.807, 2.05) is 0 Å². The van der Waals surface area contributed by atoms with E-state index in [1.54, 1.807) is 13.8 Å². The Morgan fingerprint density at radius 1 is 1.32 bits per heavy atom. The lowest BCUT2D eigenvalue weighted by Crippen LogP contribution is -2.38. The number of aliphatic hydroxyl groups excluding tert-OH is 1. The lowest BCUT2D eigenvalue weighted by atomic mass is 10.5. The van der Waals surface area contributed by atoms with Gasteiger partial charge in [-0.25, -0.2) is 4.79 Å². The van der Waals surface area contributed by atoms with E-state index in [9.17, 15) is 14.2 Å². The van der Waals surface area contributed by atoms with Crippen LogP contribution in [0.3, 0.4) is 0 Å². The summed E-state index contributed by atoms with van der Waals surface area (Å²) in [6, 6.07) is -0.591. The monoisotopic (exact) mass is 294 g/mol. The smallest absolute Gasteiger partial charge is 0.340 e. The predicted octanol–water partition coefficient (Wildman–Crippen LogP) is 0.466. The summed E-state index contributed by atoms with van der Waals surface area (Å²) < 4.78 is 22.2. The standard InChI is InChI=1S/C10H19N2O6P/c1-3-17-19(16,18-4-2)7-9(14)12-6-5-11(8-13)10(12)15/h13H,3-8H2,1-2H3. The normalized spacial score (nSPS) is 16.3. The fraction of sp³-hybridized carbons (Fsp3) is 0.800. The van der Waals surface area contributed by atoms with Gasteiger partial charge in [-0.05, 0) is 13.8 Å². The highest BCUT2D eigenvalue weighted by Gasteiger charge is 2.37.